The van der Waals surface area contributed by atoms with Gasteiger partial charge in [-0.15, -0.1) is 0 Å². The average molecular weight is 349 g/mol. The first-order chi connectivity index (χ1) is 12.6. The van der Waals surface area contributed by atoms with Crippen LogP contribution in [0.5, 0.6) is 0 Å². The largest absolute Gasteiger partial charge is 0.452 e. The van der Waals surface area contributed by atoms with Crippen LogP contribution in [0.15, 0.2) is 54.6 Å². The maximum absolute atomic E-state index is 12.8. The number of ether oxygens (including phenoxy) is 1. The highest BCUT2D eigenvalue weighted by Gasteiger charge is 2.17. The van der Waals surface area contributed by atoms with E-state index in [1.54, 1.807) is 0 Å². The zero-order chi connectivity index (χ0) is 18.5. The maximum atomic E-state index is 12.8. The number of amides is 1. The molecule has 3 aromatic carbocycles. The zero-order valence-electron chi connectivity index (χ0n) is 15.1. The van der Waals surface area contributed by atoms with Crippen molar-refractivity contribution in [3.63, 3.8) is 0 Å². The quantitative estimate of drug-likeness (QED) is 0.533. The molecule has 0 fully saturated rings. The van der Waals surface area contributed by atoms with Crippen molar-refractivity contribution in [1.29, 1.82) is 0 Å². The predicted octanol–water partition coefficient (Wildman–Crippen LogP) is 4.31. The summed E-state index contributed by atoms with van der Waals surface area (Å²) in [5, 5.41) is 6.38. The number of esters is 1. The molecule has 3 rings (SSSR count). The van der Waals surface area contributed by atoms with Crippen LogP contribution in [-0.4, -0.2) is 25.0 Å². The van der Waals surface area contributed by atoms with Crippen molar-refractivity contribution in [3.8, 4) is 0 Å². The second kappa shape index (κ2) is 8.00. The normalized spacial score (nSPS) is 11.0. The fourth-order valence-electron chi connectivity index (χ4n) is 2.99. The minimum atomic E-state index is -0.475. The van der Waals surface area contributed by atoms with Gasteiger partial charge in [-0.2, -0.15) is 0 Å². The number of hydrogen-bond donors (Lipinski definition) is 1. The van der Waals surface area contributed by atoms with E-state index < -0.39 is 5.97 Å². The molecule has 4 nitrogen and oxygen atoms in total. The Kier molecular flexibility index (Phi) is 5.52. The predicted molar refractivity (Wildman–Crippen MR) is 104 cm³/mol. The molecular formula is C22H23NO3. The standard InChI is InChI=1S/C22H23NO3/c1-15(2)11-12-23-20(24)14-26-22(25)21-18-9-5-3-7-16(18)13-17-8-4-6-10-19(17)21/h3-10,13,15H,11-12,14H2,1-2H3,(H,23,24). The zero-order valence-corrected chi connectivity index (χ0v) is 15.1. The number of carbonyl (C=O) groups is 2. The Balaban J connectivity index is 1.82. The van der Waals surface area contributed by atoms with Crippen LogP contribution in [0.4, 0.5) is 0 Å². The van der Waals surface area contributed by atoms with Crippen molar-refractivity contribution < 1.29 is 14.3 Å². The van der Waals surface area contributed by atoms with E-state index in [1.165, 1.54) is 0 Å². The molecule has 1 N–H and O–H groups in total. The van der Waals surface area contributed by atoms with Gasteiger partial charge in [-0.05, 0) is 39.9 Å². The van der Waals surface area contributed by atoms with E-state index in [-0.39, 0.29) is 12.5 Å². The smallest absolute Gasteiger partial charge is 0.339 e. The summed E-state index contributed by atoms with van der Waals surface area (Å²) in [4.78, 5) is 24.7. The molecule has 0 saturated heterocycles. The molecule has 0 aromatic heterocycles. The third-order valence-electron chi connectivity index (χ3n) is 4.35. The fourth-order valence-corrected chi connectivity index (χ4v) is 2.99. The highest BCUT2D eigenvalue weighted by Crippen LogP contribution is 2.29. The van der Waals surface area contributed by atoms with Crippen LogP contribution < -0.4 is 5.32 Å². The maximum Gasteiger partial charge on any atom is 0.339 e. The molecule has 0 spiro atoms. The fraction of sp³-hybridized carbons (Fsp3) is 0.273. The van der Waals surface area contributed by atoms with Crippen LogP contribution in [-0.2, 0) is 9.53 Å². The van der Waals surface area contributed by atoms with Crippen LogP contribution in [0, 0.1) is 5.92 Å². The highest BCUT2D eigenvalue weighted by atomic mass is 16.5. The number of rotatable bonds is 6. The van der Waals surface area contributed by atoms with Crippen molar-refractivity contribution in [2.75, 3.05) is 13.2 Å². The molecular weight excluding hydrogens is 326 g/mol. The summed E-state index contributed by atoms with van der Waals surface area (Å²) in [6.45, 7) is 4.51. The topological polar surface area (TPSA) is 55.4 Å². The second-order valence-electron chi connectivity index (χ2n) is 6.80. The molecule has 0 heterocycles. The number of hydrogen-bond acceptors (Lipinski definition) is 3. The first-order valence-corrected chi connectivity index (χ1v) is 8.90. The summed E-state index contributed by atoms with van der Waals surface area (Å²) in [6.07, 6.45) is 0.896. The number of nitrogens with one attached hydrogen (secondary N) is 1. The van der Waals surface area contributed by atoms with Gasteiger partial charge in [0, 0.05) is 6.54 Å². The Bertz CT molecular complexity index is 892. The first kappa shape index (κ1) is 17.9. The molecule has 0 aliphatic carbocycles. The Labute approximate surface area is 153 Å². The number of fused-ring (bicyclic) bond motifs is 2. The number of carbonyl (C=O) groups excluding carboxylic acids is 2. The van der Waals surface area contributed by atoms with Crippen LogP contribution in [0.2, 0.25) is 0 Å². The molecule has 1 amide bonds. The van der Waals surface area contributed by atoms with Gasteiger partial charge in [-0.25, -0.2) is 4.79 Å². The van der Waals surface area contributed by atoms with E-state index in [0.717, 1.165) is 28.0 Å². The summed E-state index contributed by atoms with van der Waals surface area (Å²) < 4.78 is 5.31. The molecule has 26 heavy (non-hydrogen) atoms. The van der Waals surface area contributed by atoms with Gasteiger partial charge < -0.3 is 10.1 Å². The highest BCUT2D eigenvalue weighted by molar-refractivity contribution is 6.16. The minimum absolute atomic E-state index is 0.269. The Morgan fingerprint density at radius 2 is 1.54 bits per heavy atom. The summed E-state index contributed by atoms with van der Waals surface area (Å²) in [5.41, 5.74) is 0.508. The van der Waals surface area contributed by atoms with E-state index in [1.807, 2.05) is 48.5 Å². The van der Waals surface area contributed by atoms with E-state index >= 15 is 0 Å². The van der Waals surface area contributed by atoms with Crippen molar-refractivity contribution in [1.82, 2.24) is 5.32 Å². The van der Waals surface area contributed by atoms with Crippen molar-refractivity contribution >= 4 is 33.4 Å². The van der Waals surface area contributed by atoms with Gasteiger partial charge in [0.15, 0.2) is 6.61 Å². The van der Waals surface area contributed by atoms with Gasteiger partial charge in [0.05, 0.1) is 5.56 Å². The van der Waals surface area contributed by atoms with Gasteiger partial charge in [0.25, 0.3) is 5.91 Å². The van der Waals surface area contributed by atoms with Crippen LogP contribution in [0.3, 0.4) is 0 Å². The van der Waals surface area contributed by atoms with Crippen molar-refractivity contribution in [3.05, 3.63) is 60.2 Å². The molecule has 0 aliphatic rings. The summed E-state index contributed by atoms with van der Waals surface area (Å²) in [7, 11) is 0. The Hall–Kier alpha value is -2.88. The molecule has 0 saturated carbocycles. The summed E-state index contributed by atoms with van der Waals surface area (Å²) >= 11 is 0. The van der Waals surface area contributed by atoms with E-state index in [2.05, 4.69) is 25.2 Å². The molecule has 0 atom stereocenters. The van der Waals surface area contributed by atoms with Crippen LogP contribution >= 0.6 is 0 Å². The van der Waals surface area contributed by atoms with E-state index in [9.17, 15) is 9.59 Å². The molecule has 0 unspecified atom stereocenters. The molecule has 3 aromatic rings. The number of benzene rings is 3. The lowest BCUT2D eigenvalue weighted by Gasteiger charge is -2.12. The second-order valence-corrected chi connectivity index (χ2v) is 6.80. The Morgan fingerprint density at radius 1 is 0.962 bits per heavy atom. The van der Waals surface area contributed by atoms with Crippen LogP contribution in [0.25, 0.3) is 21.5 Å². The first-order valence-electron chi connectivity index (χ1n) is 8.90. The molecule has 0 radical (unpaired) electrons. The molecule has 4 heteroatoms. The van der Waals surface area contributed by atoms with Gasteiger partial charge >= 0.3 is 5.97 Å². The monoisotopic (exact) mass is 349 g/mol. The molecule has 0 bridgehead atoms. The van der Waals surface area contributed by atoms with Crippen molar-refractivity contribution in [2.45, 2.75) is 20.3 Å². The van der Waals surface area contributed by atoms with Gasteiger partial charge in [-0.1, -0.05) is 62.4 Å². The van der Waals surface area contributed by atoms with Gasteiger partial charge in [0.2, 0.25) is 0 Å². The van der Waals surface area contributed by atoms with E-state index in [4.69, 9.17) is 4.74 Å². The average Bonchev–Trinajstić information content (AvgIpc) is 2.63. The minimum Gasteiger partial charge on any atom is -0.452 e. The lowest BCUT2D eigenvalue weighted by molar-refractivity contribution is -0.124. The third-order valence-corrected chi connectivity index (χ3v) is 4.35. The van der Waals surface area contributed by atoms with Crippen LogP contribution in [0.1, 0.15) is 30.6 Å². The summed E-state index contributed by atoms with van der Waals surface area (Å²) in [6, 6.07) is 17.5. The van der Waals surface area contributed by atoms with Crippen molar-refractivity contribution in [2.24, 2.45) is 5.92 Å². The SMILES string of the molecule is CC(C)CCNC(=O)COC(=O)c1c2ccccc2cc2ccccc12. The third kappa shape index (κ3) is 4.02. The lowest BCUT2D eigenvalue weighted by atomic mass is 9.97. The van der Waals surface area contributed by atoms with Gasteiger partial charge in [0.1, 0.15) is 0 Å². The molecule has 0 aliphatic heterocycles. The van der Waals surface area contributed by atoms with E-state index in [0.29, 0.717) is 18.0 Å². The Morgan fingerprint density at radius 3 is 2.12 bits per heavy atom. The lowest BCUT2D eigenvalue weighted by Crippen LogP contribution is -2.30. The van der Waals surface area contributed by atoms with Gasteiger partial charge in [-0.3, -0.25) is 4.79 Å². The molecule has 134 valence electrons. The summed E-state index contributed by atoms with van der Waals surface area (Å²) in [5.74, 6) is -0.236.